The van der Waals surface area contributed by atoms with Gasteiger partial charge in [-0.3, -0.25) is 4.99 Å². The number of nitrogens with one attached hydrogen (secondary N) is 1. The van der Waals surface area contributed by atoms with Gasteiger partial charge in [0.2, 0.25) is 5.95 Å². The second kappa shape index (κ2) is 8.81. The molecule has 0 aliphatic carbocycles. The Balaban J connectivity index is 0.00000208. The van der Waals surface area contributed by atoms with Crippen molar-refractivity contribution in [3.8, 4) is 0 Å². The molecule has 0 unspecified atom stereocenters. The SMILES string of the molecule is CN=C(NCc1nccn1C)N1CCN(c2ncccn2)CC1.I. The lowest BCUT2D eigenvalue weighted by atomic mass is 10.3. The summed E-state index contributed by atoms with van der Waals surface area (Å²) < 4.78 is 2.00. The van der Waals surface area contributed by atoms with Crippen molar-refractivity contribution in [2.24, 2.45) is 12.0 Å². The maximum atomic E-state index is 4.38. The molecule has 0 radical (unpaired) electrons. The number of aliphatic imine (C=N–C) groups is 1. The molecule has 2 aromatic heterocycles. The molecule has 1 aliphatic heterocycles. The molecule has 3 heterocycles. The zero-order chi connectivity index (χ0) is 16.1. The largest absolute Gasteiger partial charge is 0.349 e. The summed E-state index contributed by atoms with van der Waals surface area (Å²) >= 11 is 0. The Morgan fingerprint density at radius 2 is 1.83 bits per heavy atom. The summed E-state index contributed by atoms with van der Waals surface area (Å²) in [7, 11) is 3.80. The second-order valence-electron chi connectivity index (χ2n) is 5.38. The molecule has 1 saturated heterocycles. The number of aromatic nitrogens is 4. The van der Waals surface area contributed by atoms with Crippen molar-refractivity contribution < 1.29 is 0 Å². The average Bonchev–Trinajstić information content (AvgIpc) is 3.02. The van der Waals surface area contributed by atoms with Gasteiger partial charge in [0.15, 0.2) is 5.96 Å². The molecule has 0 bridgehead atoms. The number of halogens is 1. The monoisotopic (exact) mass is 442 g/mol. The number of hydrogen-bond acceptors (Lipinski definition) is 5. The van der Waals surface area contributed by atoms with Crippen LogP contribution in [-0.4, -0.2) is 63.6 Å². The van der Waals surface area contributed by atoms with E-state index in [0.717, 1.165) is 43.9 Å². The summed E-state index contributed by atoms with van der Waals surface area (Å²) in [6.07, 6.45) is 7.31. The highest BCUT2D eigenvalue weighted by molar-refractivity contribution is 14.0. The topological polar surface area (TPSA) is 74.5 Å². The third-order valence-electron chi connectivity index (χ3n) is 3.95. The van der Waals surface area contributed by atoms with Crippen LogP contribution in [0.3, 0.4) is 0 Å². The molecule has 9 heteroatoms. The van der Waals surface area contributed by atoms with Crippen LogP contribution in [0.4, 0.5) is 5.95 Å². The van der Waals surface area contributed by atoms with Crippen LogP contribution in [0, 0.1) is 0 Å². The van der Waals surface area contributed by atoms with Crippen molar-refractivity contribution in [3.63, 3.8) is 0 Å². The van der Waals surface area contributed by atoms with E-state index in [2.05, 4.69) is 35.1 Å². The Morgan fingerprint density at radius 3 is 2.42 bits per heavy atom. The van der Waals surface area contributed by atoms with Gasteiger partial charge in [-0.25, -0.2) is 15.0 Å². The number of hydrogen-bond donors (Lipinski definition) is 1. The zero-order valence-corrected chi connectivity index (χ0v) is 16.3. The molecule has 0 saturated carbocycles. The van der Waals surface area contributed by atoms with E-state index in [1.165, 1.54) is 0 Å². The molecular formula is C15H23IN8. The van der Waals surface area contributed by atoms with Crippen molar-refractivity contribution in [2.45, 2.75) is 6.54 Å². The first-order valence-electron chi connectivity index (χ1n) is 7.71. The standard InChI is InChI=1S/C15H22N8.HI/c1-16-14(20-12-13-17-6-7-21(13)2)22-8-10-23(11-9-22)15-18-4-3-5-19-15;/h3-7H,8-12H2,1-2H3,(H,16,20);1H. The van der Waals surface area contributed by atoms with Crippen molar-refractivity contribution in [1.29, 1.82) is 0 Å². The van der Waals surface area contributed by atoms with E-state index < -0.39 is 0 Å². The third kappa shape index (κ3) is 4.34. The van der Waals surface area contributed by atoms with Gasteiger partial charge in [0.1, 0.15) is 5.82 Å². The van der Waals surface area contributed by atoms with Crippen LogP contribution in [0.25, 0.3) is 0 Å². The fraction of sp³-hybridized carbons (Fsp3) is 0.467. The average molecular weight is 442 g/mol. The van der Waals surface area contributed by atoms with Gasteiger partial charge in [0, 0.05) is 65.1 Å². The summed E-state index contributed by atoms with van der Waals surface area (Å²) in [4.78, 5) is 21.8. The molecule has 8 nitrogen and oxygen atoms in total. The predicted octanol–water partition coefficient (Wildman–Crippen LogP) is 0.726. The Bertz CT molecular complexity index is 649. The Morgan fingerprint density at radius 1 is 1.12 bits per heavy atom. The Kier molecular flexibility index (Phi) is 6.76. The first-order valence-corrected chi connectivity index (χ1v) is 7.71. The minimum Gasteiger partial charge on any atom is -0.349 e. The summed E-state index contributed by atoms with van der Waals surface area (Å²) in [6.45, 7) is 4.20. The first-order chi connectivity index (χ1) is 11.3. The highest BCUT2D eigenvalue weighted by Gasteiger charge is 2.21. The van der Waals surface area contributed by atoms with Gasteiger partial charge >= 0.3 is 0 Å². The van der Waals surface area contributed by atoms with Crippen LogP contribution < -0.4 is 10.2 Å². The first kappa shape index (κ1) is 18.4. The Hall–Kier alpha value is -1.91. The molecular weight excluding hydrogens is 419 g/mol. The molecule has 3 rings (SSSR count). The quantitative estimate of drug-likeness (QED) is 0.429. The minimum atomic E-state index is 0. The van der Waals surface area contributed by atoms with Crippen molar-refractivity contribution in [2.75, 3.05) is 38.1 Å². The molecule has 2 aromatic rings. The zero-order valence-electron chi connectivity index (χ0n) is 14.0. The van der Waals surface area contributed by atoms with Crippen LogP contribution >= 0.6 is 24.0 Å². The molecule has 0 aromatic carbocycles. The van der Waals surface area contributed by atoms with E-state index in [1.54, 1.807) is 18.6 Å². The van der Waals surface area contributed by atoms with Gasteiger partial charge in [-0.15, -0.1) is 24.0 Å². The molecule has 0 atom stereocenters. The number of aryl methyl sites for hydroxylation is 1. The van der Waals surface area contributed by atoms with Crippen LogP contribution in [0.5, 0.6) is 0 Å². The number of piperazine rings is 1. The molecule has 0 spiro atoms. The van der Waals surface area contributed by atoms with Gasteiger partial charge in [-0.05, 0) is 6.07 Å². The van der Waals surface area contributed by atoms with E-state index in [1.807, 2.05) is 30.9 Å². The summed E-state index contributed by atoms with van der Waals surface area (Å²) in [5, 5.41) is 3.38. The molecule has 130 valence electrons. The van der Waals surface area contributed by atoms with Gasteiger partial charge < -0.3 is 19.7 Å². The number of guanidine groups is 1. The molecule has 1 fully saturated rings. The molecule has 1 aliphatic rings. The van der Waals surface area contributed by atoms with Gasteiger partial charge in [-0.2, -0.15) is 0 Å². The van der Waals surface area contributed by atoms with Crippen LogP contribution in [0.15, 0.2) is 35.8 Å². The smallest absolute Gasteiger partial charge is 0.225 e. The van der Waals surface area contributed by atoms with Crippen molar-refractivity contribution >= 4 is 35.9 Å². The van der Waals surface area contributed by atoms with Crippen LogP contribution in [0.1, 0.15) is 5.82 Å². The van der Waals surface area contributed by atoms with Gasteiger partial charge in [-0.1, -0.05) is 0 Å². The summed E-state index contributed by atoms with van der Waals surface area (Å²) in [5.74, 6) is 2.69. The van der Waals surface area contributed by atoms with Crippen molar-refractivity contribution in [3.05, 3.63) is 36.7 Å². The fourth-order valence-corrected chi connectivity index (χ4v) is 2.63. The molecule has 0 amide bonds. The number of rotatable bonds is 3. The molecule has 24 heavy (non-hydrogen) atoms. The van der Waals surface area contributed by atoms with E-state index in [4.69, 9.17) is 0 Å². The minimum absolute atomic E-state index is 0. The maximum Gasteiger partial charge on any atom is 0.225 e. The second-order valence-corrected chi connectivity index (χ2v) is 5.38. The number of imidazole rings is 1. The lowest BCUT2D eigenvalue weighted by molar-refractivity contribution is 0.369. The third-order valence-corrected chi connectivity index (χ3v) is 3.95. The van der Waals surface area contributed by atoms with E-state index in [9.17, 15) is 0 Å². The Labute approximate surface area is 159 Å². The highest BCUT2D eigenvalue weighted by atomic mass is 127. The fourth-order valence-electron chi connectivity index (χ4n) is 2.63. The predicted molar refractivity (Wildman–Crippen MR) is 105 cm³/mol. The van der Waals surface area contributed by atoms with E-state index in [-0.39, 0.29) is 24.0 Å². The van der Waals surface area contributed by atoms with Gasteiger partial charge in [0.25, 0.3) is 0 Å². The van der Waals surface area contributed by atoms with E-state index in [0.29, 0.717) is 6.54 Å². The normalized spacial score (nSPS) is 15.2. The van der Waals surface area contributed by atoms with Crippen LogP contribution in [-0.2, 0) is 13.6 Å². The maximum absolute atomic E-state index is 4.38. The lowest BCUT2D eigenvalue weighted by Crippen LogP contribution is -2.52. The van der Waals surface area contributed by atoms with Crippen molar-refractivity contribution in [1.82, 2.24) is 29.7 Å². The summed E-state index contributed by atoms with van der Waals surface area (Å²) in [5.41, 5.74) is 0. The highest BCUT2D eigenvalue weighted by Crippen LogP contribution is 2.09. The molecule has 1 N–H and O–H groups in total. The van der Waals surface area contributed by atoms with Gasteiger partial charge in [0.05, 0.1) is 6.54 Å². The number of nitrogens with zero attached hydrogens (tertiary/aromatic N) is 7. The van der Waals surface area contributed by atoms with E-state index >= 15 is 0 Å². The lowest BCUT2D eigenvalue weighted by Gasteiger charge is -2.36. The van der Waals surface area contributed by atoms with Crippen LogP contribution in [0.2, 0.25) is 0 Å². The number of anilines is 1. The summed E-state index contributed by atoms with van der Waals surface area (Å²) in [6, 6.07) is 1.84.